The highest BCUT2D eigenvalue weighted by atomic mass is 35.5. The maximum atomic E-state index is 12.4. The minimum Gasteiger partial charge on any atom is -0.495 e. The Morgan fingerprint density at radius 1 is 1.08 bits per heavy atom. The van der Waals surface area contributed by atoms with Crippen molar-refractivity contribution in [1.29, 1.82) is 0 Å². The van der Waals surface area contributed by atoms with Crippen molar-refractivity contribution in [3.63, 3.8) is 0 Å². The third kappa shape index (κ3) is 3.48. The molecule has 1 heterocycles. The van der Waals surface area contributed by atoms with Crippen LogP contribution in [0.3, 0.4) is 0 Å². The van der Waals surface area contributed by atoms with E-state index in [1.165, 1.54) is 25.3 Å². The fraction of sp³-hybridized carbons (Fsp3) is 0.125. The summed E-state index contributed by atoms with van der Waals surface area (Å²) in [6, 6.07) is 9.72. The predicted octanol–water partition coefficient (Wildman–Crippen LogP) is 2.77. The van der Waals surface area contributed by atoms with E-state index in [1.54, 1.807) is 30.6 Å². The van der Waals surface area contributed by atoms with Gasteiger partial charge in [-0.05, 0) is 35.9 Å². The van der Waals surface area contributed by atoms with Gasteiger partial charge in [-0.25, -0.2) is 13.1 Å². The van der Waals surface area contributed by atoms with Crippen molar-refractivity contribution >= 4 is 32.7 Å². The van der Waals surface area contributed by atoms with Crippen molar-refractivity contribution < 1.29 is 13.2 Å². The molecule has 1 aromatic heterocycles. The average molecular weight is 364 g/mol. The molecule has 0 aliphatic rings. The van der Waals surface area contributed by atoms with E-state index in [9.17, 15) is 8.42 Å². The lowest BCUT2D eigenvalue weighted by molar-refractivity contribution is 0.414. The van der Waals surface area contributed by atoms with Gasteiger partial charge in [0.15, 0.2) is 0 Å². The minimum absolute atomic E-state index is 0.0777. The zero-order valence-electron chi connectivity index (χ0n) is 12.7. The molecule has 0 unspecified atom stereocenters. The number of hydrogen-bond donors (Lipinski definition) is 1. The molecule has 0 saturated carbocycles. The molecule has 0 spiro atoms. The maximum absolute atomic E-state index is 12.4. The molecule has 3 aromatic rings. The highest BCUT2D eigenvalue weighted by Crippen LogP contribution is 2.26. The molecule has 2 aromatic carbocycles. The van der Waals surface area contributed by atoms with Crippen LogP contribution in [0.1, 0.15) is 5.56 Å². The predicted molar refractivity (Wildman–Crippen MR) is 91.6 cm³/mol. The van der Waals surface area contributed by atoms with Crippen LogP contribution in [0.15, 0.2) is 53.7 Å². The Balaban J connectivity index is 1.80. The zero-order valence-corrected chi connectivity index (χ0v) is 14.3. The summed E-state index contributed by atoms with van der Waals surface area (Å²) >= 11 is 5.99. The molecule has 0 saturated heterocycles. The topological polar surface area (TPSA) is 81.2 Å². The molecule has 0 radical (unpaired) electrons. The molecule has 3 rings (SSSR count). The molecule has 0 bridgehead atoms. The van der Waals surface area contributed by atoms with E-state index in [4.69, 9.17) is 16.3 Å². The standard InChI is InChI=1S/C16H14ClN3O3S/c1-23-16-5-3-12(9-13(16)17)24(21,22)20-10-11-2-4-14-15(8-11)19-7-6-18-14/h2-9,20H,10H2,1H3. The highest BCUT2D eigenvalue weighted by molar-refractivity contribution is 7.89. The van der Waals surface area contributed by atoms with E-state index in [0.717, 1.165) is 11.1 Å². The minimum atomic E-state index is -3.69. The van der Waals surface area contributed by atoms with Crippen LogP contribution in [0.2, 0.25) is 5.02 Å². The molecular formula is C16H14ClN3O3S. The molecule has 124 valence electrons. The lowest BCUT2D eigenvalue weighted by Gasteiger charge is -2.09. The molecular weight excluding hydrogens is 350 g/mol. The number of hydrogen-bond acceptors (Lipinski definition) is 5. The summed E-state index contributed by atoms with van der Waals surface area (Å²) in [7, 11) is -2.22. The molecule has 24 heavy (non-hydrogen) atoms. The fourth-order valence-corrected chi connectivity index (χ4v) is 3.56. The van der Waals surface area contributed by atoms with Gasteiger partial charge in [0, 0.05) is 18.9 Å². The summed E-state index contributed by atoms with van der Waals surface area (Å²) in [5.74, 6) is 0.420. The van der Waals surface area contributed by atoms with Gasteiger partial charge in [-0.3, -0.25) is 9.97 Å². The van der Waals surface area contributed by atoms with Gasteiger partial charge in [-0.1, -0.05) is 17.7 Å². The smallest absolute Gasteiger partial charge is 0.240 e. The highest BCUT2D eigenvalue weighted by Gasteiger charge is 2.16. The Morgan fingerprint density at radius 2 is 1.83 bits per heavy atom. The van der Waals surface area contributed by atoms with Gasteiger partial charge >= 0.3 is 0 Å². The monoisotopic (exact) mass is 363 g/mol. The lowest BCUT2D eigenvalue weighted by Crippen LogP contribution is -2.23. The van der Waals surface area contributed by atoms with Crippen molar-refractivity contribution in [2.75, 3.05) is 7.11 Å². The summed E-state index contributed by atoms with van der Waals surface area (Å²) in [6.45, 7) is 0.137. The van der Waals surface area contributed by atoms with Gasteiger partial charge in [0.1, 0.15) is 5.75 Å². The van der Waals surface area contributed by atoms with Gasteiger partial charge in [0.2, 0.25) is 10.0 Å². The molecule has 0 aliphatic heterocycles. The number of rotatable bonds is 5. The van der Waals surface area contributed by atoms with Crippen molar-refractivity contribution in [3.8, 4) is 5.75 Å². The van der Waals surface area contributed by atoms with E-state index >= 15 is 0 Å². The zero-order chi connectivity index (χ0) is 17.2. The summed E-state index contributed by atoms with van der Waals surface area (Å²) in [4.78, 5) is 8.46. The van der Waals surface area contributed by atoms with Crippen LogP contribution in [-0.2, 0) is 16.6 Å². The first kappa shape index (κ1) is 16.6. The second-order valence-corrected chi connectivity index (χ2v) is 7.17. The Bertz CT molecular complexity index is 993. The summed E-state index contributed by atoms with van der Waals surface area (Å²) in [5, 5.41) is 0.237. The van der Waals surface area contributed by atoms with Gasteiger partial charge in [0.25, 0.3) is 0 Å². The number of halogens is 1. The van der Waals surface area contributed by atoms with Gasteiger partial charge < -0.3 is 4.74 Å². The summed E-state index contributed by atoms with van der Waals surface area (Å²) < 4.78 is 32.3. The Labute approximate surface area is 144 Å². The van der Waals surface area contributed by atoms with Gasteiger partial charge in [0.05, 0.1) is 28.1 Å². The molecule has 0 fully saturated rings. The number of benzene rings is 2. The number of nitrogens with zero attached hydrogens (tertiary/aromatic N) is 2. The van der Waals surface area contributed by atoms with Crippen LogP contribution in [0.25, 0.3) is 11.0 Å². The van der Waals surface area contributed by atoms with Gasteiger partial charge in [-0.15, -0.1) is 0 Å². The number of methoxy groups -OCH3 is 1. The molecule has 1 N–H and O–H groups in total. The van der Waals surface area contributed by atoms with E-state index in [-0.39, 0.29) is 16.5 Å². The SMILES string of the molecule is COc1ccc(S(=O)(=O)NCc2ccc3nccnc3c2)cc1Cl. The first-order chi connectivity index (χ1) is 11.5. The van der Waals surface area contributed by atoms with Crippen molar-refractivity contribution in [3.05, 3.63) is 59.4 Å². The summed E-state index contributed by atoms with van der Waals surface area (Å²) in [5.41, 5.74) is 2.25. The van der Waals surface area contributed by atoms with Crippen LogP contribution in [0, 0.1) is 0 Å². The summed E-state index contributed by atoms with van der Waals surface area (Å²) in [6.07, 6.45) is 3.20. The molecule has 8 heteroatoms. The third-order valence-electron chi connectivity index (χ3n) is 3.43. The third-order valence-corrected chi connectivity index (χ3v) is 5.13. The molecule has 6 nitrogen and oxygen atoms in total. The van der Waals surface area contributed by atoms with Crippen molar-refractivity contribution in [1.82, 2.24) is 14.7 Å². The van der Waals surface area contributed by atoms with E-state index in [1.807, 2.05) is 0 Å². The van der Waals surface area contributed by atoms with Crippen LogP contribution in [0.5, 0.6) is 5.75 Å². The van der Waals surface area contributed by atoms with Crippen LogP contribution in [-0.4, -0.2) is 25.5 Å². The van der Waals surface area contributed by atoms with Crippen LogP contribution < -0.4 is 9.46 Å². The van der Waals surface area contributed by atoms with Gasteiger partial charge in [-0.2, -0.15) is 0 Å². The lowest BCUT2D eigenvalue weighted by atomic mass is 10.2. The second-order valence-electron chi connectivity index (χ2n) is 5.00. The fourth-order valence-electron chi connectivity index (χ4n) is 2.19. The Hall–Kier alpha value is -2.22. The molecule has 0 atom stereocenters. The number of aromatic nitrogens is 2. The molecule has 0 amide bonds. The second kappa shape index (κ2) is 6.72. The number of sulfonamides is 1. The largest absolute Gasteiger partial charge is 0.495 e. The van der Waals surface area contributed by atoms with Crippen LogP contribution in [0.4, 0.5) is 0 Å². The molecule has 0 aliphatic carbocycles. The van der Waals surface area contributed by atoms with E-state index in [2.05, 4.69) is 14.7 Å². The maximum Gasteiger partial charge on any atom is 0.240 e. The number of fused-ring (bicyclic) bond motifs is 1. The first-order valence-corrected chi connectivity index (χ1v) is 8.88. The normalized spacial score (nSPS) is 11.6. The van der Waals surface area contributed by atoms with Crippen LogP contribution >= 0.6 is 11.6 Å². The first-order valence-electron chi connectivity index (χ1n) is 7.02. The van der Waals surface area contributed by atoms with E-state index in [0.29, 0.717) is 11.3 Å². The van der Waals surface area contributed by atoms with E-state index < -0.39 is 10.0 Å². The van der Waals surface area contributed by atoms with Crippen molar-refractivity contribution in [2.45, 2.75) is 11.4 Å². The Kier molecular flexibility index (Phi) is 4.66. The number of nitrogens with one attached hydrogen (secondary N) is 1. The average Bonchev–Trinajstić information content (AvgIpc) is 2.60. The number of ether oxygens (including phenoxy) is 1. The Morgan fingerprint density at radius 3 is 2.54 bits per heavy atom. The quantitative estimate of drug-likeness (QED) is 0.753. The van der Waals surface area contributed by atoms with Crippen molar-refractivity contribution in [2.24, 2.45) is 0 Å².